The SMILES string of the molecule is CC(C)(C)CC(=O)N1CCN(CC2CCOCC2)CC1. The van der Waals surface area contributed by atoms with E-state index < -0.39 is 0 Å². The molecule has 2 rings (SSSR count). The summed E-state index contributed by atoms with van der Waals surface area (Å²) in [6.07, 6.45) is 3.05. The van der Waals surface area contributed by atoms with E-state index >= 15 is 0 Å². The van der Waals surface area contributed by atoms with Crippen molar-refractivity contribution in [2.75, 3.05) is 45.9 Å². The van der Waals surface area contributed by atoms with Gasteiger partial charge in [-0.2, -0.15) is 0 Å². The Bertz CT molecular complexity index is 311. The number of ether oxygens (including phenoxy) is 1. The first-order valence-electron chi connectivity index (χ1n) is 8.02. The van der Waals surface area contributed by atoms with Gasteiger partial charge in [-0.1, -0.05) is 20.8 Å². The molecule has 0 N–H and O–H groups in total. The smallest absolute Gasteiger partial charge is 0.223 e. The number of hydrogen-bond acceptors (Lipinski definition) is 3. The maximum atomic E-state index is 12.2. The zero-order valence-electron chi connectivity index (χ0n) is 13.4. The second-order valence-electron chi connectivity index (χ2n) is 7.47. The number of nitrogens with zero attached hydrogens (tertiary/aromatic N) is 2. The van der Waals surface area contributed by atoms with Crippen LogP contribution in [0, 0.1) is 11.3 Å². The zero-order valence-corrected chi connectivity index (χ0v) is 13.4. The number of carbonyl (C=O) groups excluding carboxylic acids is 1. The summed E-state index contributed by atoms with van der Waals surface area (Å²) in [4.78, 5) is 16.8. The van der Waals surface area contributed by atoms with Crippen molar-refractivity contribution in [2.24, 2.45) is 11.3 Å². The summed E-state index contributed by atoms with van der Waals surface area (Å²) in [6, 6.07) is 0. The molecule has 4 nitrogen and oxygen atoms in total. The predicted octanol–water partition coefficient (Wildman–Crippen LogP) is 1.99. The number of rotatable bonds is 3. The van der Waals surface area contributed by atoms with E-state index in [1.165, 1.54) is 19.4 Å². The van der Waals surface area contributed by atoms with Crippen LogP contribution in [-0.2, 0) is 9.53 Å². The van der Waals surface area contributed by atoms with Gasteiger partial charge in [0.2, 0.25) is 5.91 Å². The van der Waals surface area contributed by atoms with Crippen LogP contribution < -0.4 is 0 Å². The van der Waals surface area contributed by atoms with Crippen LogP contribution >= 0.6 is 0 Å². The normalized spacial score (nSPS) is 23.1. The first kappa shape index (κ1) is 15.8. The lowest BCUT2D eigenvalue weighted by Gasteiger charge is -2.38. The molecule has 4 heteroatoms. The average Bonchev–Trinajstić information content (AvgIpc) is 2.39. The summed E-state index contributed by atoms with van der Waals surface area (Å²) >= 11 is 0. The second kappa shape index (κ2) is 6.90. The highest BCUT2D eigenvalue weighted by Crippen LogP contribution is 2.21. The maximum Gasteiger partial charge on any atom is 0.223 e. The summed E-state index contributed by atoms with van der Waals surface area (Å²) < 4.78 is 5.41. The molecule has 0 aliphatic carbocycles. The monoisotopic (exact) mass is 282 g/mol. The van der Waals surface area contributed by atoms with Crippen molar-refractivity contribution in [3.05, 3.63) is 0 Å². The van der Waals surface area contributed by atoms with Gasteiger partial charge in [0.25, 0.3) is 0 Å². The third kappa shape index (κ3) is 5.06. The summed E-state index contributed by atoms with van der Waals surface area (Å²) in [5.41, 5.74) is 0.0936. The van der Waals surface area contributed by atoms with Crippen molar-refractivity contribution in [2.45, 2.75) is 40.0 Å². The molecule has 20 heavy (non-hydrogen) atoms. The van der Waals surface area contributed by atoms with Gasteiger partial charge < -0.3 is 9.64 Å². The molecule has 0 saturated carbocycles. The molecule has 0 spiro atoms. The van der Waals surface area contributed by atoms with Crippen molar-refractivity contribution in [3.63, 3.8) is 0 Å². The van der Waals surface area contributed by atoms with Crippen molar-refractivity contribution in [1.82, 2.24) is 9.80 Å². The minimum absolute atomic E-state index is 0.0936. The van der Waals surface area contributed by atoms with Crippen LogP contribution in [0.1, 0.15) is 40.0 Å². The molecule has 0 aromatic heterocycles. The Balaban J connectivity index is 1.70. The van der Waals surface area contributed by atoms with Crippen molar-refractivity contribution < 1.29 is 9.53 Å². The molecule has 0 unspecified atom stereocenters. The Kier molecular flexibility index (Phi) is 5.44. The lowest BCUT2D eigenvalue weighted by Crippen LogP contribution is -2.50. The highest BCUT2D eigenvalue weighted by atomic mass is 16.5. The van der Waals surface area contributed by atoms with Gasteiger partial charge in [0.15, 0.2) is 0 Å². The van der Waals surface area contributed by atoms with E-state index in [0.29, 0.717) is 12.3 Å². The molecular weight excluding hydrogens is 252 g/mol. The summed E-state index contributed by atoms with van der Waals surface area (Å²) in [5, 5.41) is 0. The van der Waals surface area contributed by atoms with Crippen molar-refractivity contribution in [3.8, 4) is 0 Å². The minimum Gasteiger partial charge on any atom is -0.381 e. The van der Waals surface area contributed by atoms with Crippen molar-refractivity contribution >= 4 is 5.91 Å². The van der Waals surface area contributed by atoms with Gasteiger partial charge in [-0.3, -0.25) is 9.69 Å². The highest BCUT2D eigenvalue weighted by Gasteiger charge is 2.26. The zero-order chi connectivity index (χ0) is 14.6. The Hall–Kier alpha value is -0.610. The quantitative estimate of drug-likeness (QED) is 0.793. The van der Waals surface area contributed by atoms with Gasteiger partial charge in [0.05, 0.1) is 0 Å². The molecule has 0 radical (unpaired) electrons. The molecule has 0 bridgehead atoms. The molecule has 2 aliphatic heterocycles. The van der Waals surface area contributed by atoms with E-state index in [0.717, 1.165) is 45.3 Å². The average molecular weight is 282 g/mol. The van der Waals surface area contributed by atoms with E-state index in [1.807, 2.05) is 4.90 Å². The van der Waals surface area contributed by atoms with E-state index in [4.69, 9.17) is 4.74 Å². The third-order valence-electron chi connectivity index (χ3n) is 4.26. The predicted molar refractivity (Wildman–Crippen MR) is 80.6 cm³/mol. The Morgan fingerprint density at radius 3 is 2.25 bits per heavy atom. The van der Waals surface area contributed by atoms with Crippen LogP contribution in [0.4, 0.5) is 0 Å². The molecule has 116 valence electrons. The Morgan fingerprint density at radius 1 is 1.10 bits per heavy atom. The molecule has 0 aromatic carbocycles. The van der Waals surface area contributed by atoms with Gasteiger partial charge in [-0.25, -0.2) is 0 Å². The fourth-order valence-corrected chi connectivity index (χ4v) is 3.04. The van der Waals surface area contributed by atoms with Gasteiger partial charge in [0, 0.05) is 52.4 Å². The molecule has 2 aliphatic rings. The third-order valence-corrected chi connectivity index (χ3v) is 4.26. The first-order valence-corrected chi connectivity index (χ1v) is 8.02. The number of carbonyl (C=O) groups is 1. The Morgan fingerprint density at radius 2 is 1.70 bits per heavy atom. The van der Waals surface area contributed by atoms with Crippen molar-refractivity contribution in [1.29, 1.82) is 0 Å². The van der Waals surface area contributed by atoms with Crippen LogP contribution in [0.5, 0.6) is 0 Å². The van der Waals surface area contributed by atoms with E-state index in [1.54, 1.807) is 0 Å². The van der Waals surface area contributed by atoms with Crippen LogP contribution in [0.15, 0.2) is 0 Å². The van der Waals surface area contributed by atoms with Gasteiger partial charge in [-0.05, 0) is 24.2 Å². The summed E-state index contributed by atoms with van der Waals surface area (Å²) in [5.74, 6) is 1.11. The fraction of sp³-hybridized carbons (Fsp3) is 0.938. The lowest BCUT2D eigenvalue weighted by atomic mass is 9.91. The molecule has 1 amide bonds. The molecule has 2 saturated heterocycles. The summed E-state index contributed by atoms with van der Waals surface area (Å²) in [6.45, 7) is 13.3. The van der Waals surface area contributed by atoms with E-state index in [-0.39, 0.29) is 5.41 Å². The lowest BCUT2D eigenvalue weighted by molar-refractivity contribution is -0.134. The second-order valence-corrected chi connectivity index (χ2v) is 7.47. The maximum absolute atomic E-state index is 12.2. The topological polar surface area (TPSA) is 32.8 Å². The van der Waals surface area contributed by atoms with E-state index in [9.17, 15) is 4.79 Å². The molecule has 0 aromatic rings. The number of amides is 1. The highest BCUT2D eigenvalue weighted by molar-refractivity contribution is 5.76. The van der Waals surface area contributed by atoms with Crippen LogP contribution in [0.3, 0.4) is 0 Å². The number of hydrogen-bond donors (Lipinski definition) is 0. The van der Waals surface area contributed by atoms with E-state index in [2.05, 4.69) is 25.7 Å². The summed E-state index contributed by atoms with van der Waals surface area (Å²) in [7, 11) is 0. The largest absolute Gasteiger partial charge is 0.381 e. The molecule has 2 fully saturated rings. The van der Waals surface area contributed by atoms with Gasteiger partial charge >= 0.3 is 0 Å². The molecular formula is C16H30N2O2. The van der Waals surface area contributed by atoms with Crippen LogP contribution in [-0.4, -0.2) is 61.6 Å². The standard InChI is InChI=1S/C16H30N2O2/c1-16(2,3)12-15(19)18-8-6-17(7-9-18)13-14-4-10-20-11-5-14/h14H,4-13H2,1-3H3. The van der Waals surface area contributed by atoms with Gasteiger partial charge in [-0.15, -0.1) is 0 Å². The Labute approximate surface area is 123 Å². The minimum atomic E-state index is 0.0936. The molecule has 2 heterocycles. The number of piperazine rings is 1. The molecule has 0 atom stereocenters. The van der Waals surface area contributed by atoms with Gasteiger partial charge in [0.1, 0.15) is 0 Å². The van der Waals surface area contributed by atoms with Crippen LogP contribution in [0.25, 0.3) is 0 Å². The first-order chi connectivity index (χ1) is 9.44. The fourth-order valence-electron chi connectivity index (χ4n) is 3.04. The van der Waals surface area contributed by atoms with Crippen LogP contribution in [0.2, 0.25) is 0 Å².